The second kappa shape index (κ2) is 4.44. The first-order valence-electron chi connectivity index (χ1n) is 6.46. The average molecular weight is 242 g/mol. The molecule has 4 nitrogen and oxygen atoms in total. The summed E-state index contributed by atoms with van der Waals surface area (Å²) in [4.78, 5) is 8.76. The van der Waals surface area contributed by atoms with Crippen molar-refractivity contribution in [2.24, 2.45) is 0 Å². The van der Waals surface area contributed by atoms with Crippen LogP contribution in [0, 0.1) is 6.92 Å². The smallest absolute Gasteiger partial charge is 0.203 e. The van der Waals surface area contributed by atoms with Crippen LogP contribution >= 0.6 is 0 Å². The van der Waals surface area contributed by atoms with Crippen molar-refractivity contribution in [3.63, 3.8) is 0 Å². The predicted octanol–water partition coefficient (Wildman–Crippen LogP) is 2.77. The second-order valence-electron chi connectivity index (χ2n) is 4.99. The lowest BCUT2D eigenvalue weighted by atomic mass is 10.1. The van der Waals surface area contributed by atoms with Crippen LogP contribution in [0.3, 0.4) is 0 Å². The van der Waals surface area contributed by atoms with Crippen LogP contribution in [0.1, 0.15) is 37.1 Å². The molecular formula is C14H18N4. The summed E-state index contributed by atoms with van der Waals surface area (Å²) >= 11 is 0. The van der Waals surface area contributed by atoms with Crippen LogP contribution in [0.15, 0.2) is 30.7 Å². The molecule has 1 N–H and O–H groups in total. The van der Waals surface area contributed by atoms with Gasteiger partial charge in [0.25, 0.3) is 0 Å². The van der Waals surface area contributed by atoms with E-state index in [4.69, 9.17) is 0 Å². The lowest BCUT2D eigenvalue weighted by Crippen LogP contribution is -2.13. The average Bonchev–Trinajstić information content (AvgIpc) is 3.12. The molecular weight excluding hydrogens is 224 g/mol. The molecule has 1 atom stereocenters. The van der Waals surface area contributed by atoms with Gasteiger partial charge in [0.05, 0.1) is 11.7 Å². The molecule has 0 saturated heterocycles. The Hall–Kier alpha value is -1.84. The van der Waals surface area contributed by atoms with Gasteiger partial charge in [-0.2, -0.15) is 0 Å². The van der Waals surface area contributed by atoms with Crippen molar-refractivity contribution in [1.82, 2.24) is 14.5 Å². The molecule has 4 heteroatoms. The Morgan fingerprint density at radius 2 is 2.28 bits per heavy atom. The normalized spacial score (nSPS) is 16.6. The van der Waals surface area contributed by atoms with Crippen LogP contribution in [-0.2, 0) is 0 Å². The fourth-order valence-electron chi connectivity index (χ4n) is 2.11. The fourth-order valence-corrected chi connectivity index (χ4v) is 2.11. The molecule has 1 aliphatic carbocycles. The fraction of sp³-hybridized carbons (Fsp3) is 0.429. The van der Waals surface area contributed by atoms with E-state index in [1.807, 2.05) is 19.2 Å². The zero-order valence-corrected chi connectivity index (χ0v) is 10.8. The molecule has 0 radical (unpaired) electrons. The highest BCUT2D eigenvalue weighted by molar-refractivity contribution is 5.34. The number of imidazole rings is 1. The Morgan fingerprint density at radius 1 is 1.44 bits per heavy atom. The quantitative estimate of drug-likeness (QED) is 0.896. The van der Waals surface area contributed by atoms with Crippen molar-refractivity contribution in [2.75, 3.05) is 5.32 Å². The molecule has 0 aromatic carbocycles. The van der Waals surface area contributed by atoms with Crippen LogP contribution in [0.4, 0.5) is 5.95 Å². The van der Waals surface area contributed by atoms with Crippen LogP contribution in [0.25, 0.3) is 0 Å². The number of pyridine rings is 1. The van der Waals surface area contributed by atoms with E-state index in [1.54, 1.807) is 6.20 Å². The van der Waals surface area contributed by atoms with Gasteiger partial charge in [-0.1, -0.05) is 6.07 Å². The zero-order valence-electron chi connectivity index (χ0n) is 10.8. The summed E-state index contributed by atoms with van der Waals surface area (Å²) in [5.74, 6) is 0.978. The Kier molecular flexibility index (Phi) is 2.78. The number of nitrogens with one attached hydrogen (secondary N) is 1. The van der Waals surface area contributed by atoms with Gasteiger partial charge in [0, 0.05) is 24.6 Å². The van der Waals surface area contributed by atoms with Crippen LogP contribution in [-0.4, -0.2) is 20.6 Å². The maximum atomic E-state index is 4.57. The van der Waals surface area contributed by atoms with Crippen molar-refractivity contribution in [3.05, 3.63) is 42.0 Å². The lowest BCUT2D eigenvalue weighted by molar-refractivity contribution is 0.640. The molecule has 2 heterocycles. The van der Waals surface area contributed by atoms with Gasteiger partial charge in [0.2, 0.25) is 5.95 Å². The van der Waals surface area contributed by atoms with E-state index < -0.39 is 0 Å². The van der Waals surface area contributed by atoms with E-state index in [0.29, 0.717) is 6.04 Å². The molecule has 2 aromatic rings. The van der Waals surface area contributed by atoms with E-state index in [2.05, 4.69) is 39.0 Å². The number of aryl methyl sites for hydroxylation is 1. The molecule has 0 amide bonds. The minimum Gasteiger partial charge on any atom is -0.353 e. The van der Waals surface area contributed by atoms with Gasteiger partial charge in [-0.15, -0.1) is 0 Å². The number of hydrogen-bond donors (Lipinski definition) is 1. The van der Waals surface area contributed by atoms with Crippen molar-refractivity contribution in [1.29, 1.82) is 0 Å². The molecule has 1 aliphatic rings. The second-order valence-corrected chi connectivity index (χ2v) is 4.99. The summed E-state index contributed by atoms with van der Waals surface area (Å²) in [5.41, 5.74) is 2.25. The number of aromatic nitrogens is 3. The molecule has 1 saturated carbocycles. The third-order valence-corrected chi connectivity index (χ3v) is 3.35. The highest BCUT2D eigenvalue weighted by Crippen LogP contribution is 2.27. The van der Waals surface area contributed by atoms with Gasteiger partial charge >= 0.3 is 0 Å². The standard InChI is InChI=1S/C14H18N4/c1-10-9-18(14(16-10)17-13-5-6-13)11(2)12-4-3-7-15-8-12/h3-4,7-9,11,13H,5-6H2,1-2H3,(H,16,17). The number of nitrogens with zero attached hydrogens (tertiary/aromatic N) is 3. The highest BCUT2D eigenvalue weighted by atomic mass is 15.2. The Labute approximate surface area is 107 Å². The summed E-state index contributed by atoms with van der Waals surface area (Å²) in [7, 11) is 0. The Balaban J connectivity index is 1.90. The van der Waals surface area contributed by atoms with E-state index in [1.165, 1.54) is 18.4 Å². The van der Waals surface area contributed by atoms with Gasteiger partial charge < -0.3 is 9.88 Å². The molecule has 2 aromatic heterocycles. The number of rotatable bonds is 4. The van der Waals surface area contributed by atoms with Gasteiger partial charge in [-0.25, -0.2) is 4.98 Å². The molecule has 18 heavy (non-hydrogen) atoms. The largest absolute Gasteiger partial charge is 0.353 e. The van der Waals surface area contributed by atoms with Gasteiger partial charge in [0.15, 0.2) is 0 Å². The van der Waals surface area contributed by atoms with Crippen LogP contribution in [0.5, 0.6) is 0 Å². The molecule has 1 fully saturated rings. The van der Waals surface area contributed by atoms with Crippen molar-refractivity contribution in [3.8, 4) is 0 Å². The SMILES string of the molecule is Cc1cn(C(C)c2cccnc2)c(NC2CC2)n1. The number of anilines is 1. The molecule has 94 valence electrons. The monoisotopic (exact) mass is 242 g/mol. The van der Waals surface area contributed by atoms with Crippen molar-refractivity contribution in [2.45, 2.75) is 38.8 Å². The summed E-state index contributed by atoms with van der Waals surface area (Å²) < 4.78 is 2.20. The van der Waals surface area contributed by atoms with Crippen LogP contribution < -0.4 is 5.32 Å². The molecule has 0 spiro atoms. The third-order valence-electron chi connectivity index (χ3n) is 3.35. The summed E-state index contributed by atoms with van der Waals surface area (Å²) in [6, 6.07) is 4.95. The minimum absolute atomic E-state index is 0.251. The maximum absolute atomic E-state index is 4.57. The first kappa shape index (κ1) is 11.3. The molecule has 1 unspecified atom stereocenters. The van der Waals surface area contributed by atoms with E-state index in [9.17, 15) is 0 Å². The topological polar surface area (TPSA) is 42.7 Å². The minimum atomic E-state index is 0.251. The molecule has 0 aliphatic heterocycles. The van der Waals surface area contributed by atoms with E-state index in [-0.39, 0.29) is 6.04 Å². The molecule has 3 rings (SSSR count). The van der Waals surface area contributed by atoms with E-state index in [0.717, 1.165) is 11.6 Å². The molecule has 0 bridgehead atoms. The highest BCUT2D eigenvalue weighted by Gasteiger charge is 2.24. The predicted molar refractivity (Wildman–Crippen MR) is 71.7 cm³/mol. The van der Waals surface area contributed by atoms with E-state index >= 15 is 0 Å². The van der Waals surface area contributed by atoms with Crippen LogP contribution in [0.2, 0.25) is 0 Å². The number of hydrogen-bond acceptors (Lipinski definition) is 3. The van der Waals surface area contributed by atoms with Crippen molar-refractivity contribution >= 4 is 5.95 Å². The summed E-state index contributed by atoms with van der Waals surface area (Å²) in [6.45, 7) is 4.21. The summed E-state index contributed by atoms with van der Waals surface area (Å²) in [5, 5.41) is 3.49. The van der Waals surface area contributed by atoms with Crippen molar-refractivity contribution < 1.29 is 0 Å². The Morgan fingerprint density at radius 3 is 2.94 bits per heavy atom. The first-order chi connectivity index (χ1) is 8.74. The Bertz CT molecular complexity index is 528. The first-order valence-corrected chi connectivity index (χ1v) is 6.46. The zero-order chi connectivity index (χ0) is 12.5. The lowest BCUT2D eigenvalue weighted by Gasteiger charge is -2.16. The maximum Gasteiger partial charge on any atom is 0.203 e. The van der Waals surface area contributed by atoms with Gasteiger partial charge in [0.1, 0.15) is 0 Å². The van der Waals surface area contributed by atoms with Gasteiger partial charge in [-0.05, 0) is 38.3 Å². The summed E-state index contributed by atoms with van der Waals surface area (Å²) in [6.07, 6.45) is 8.34. The third kappa shape index (κ3) is 2.23. The van der Waals surface area contributed by atoms with Gasteiger partial charge in [-0.3, -0.25) is 4.98 Å².